The van der Waals surface area contributed by atoms with E-state index in [0.717, 1.165) is 48.1 Å². The lowest BCUT2D eigenvalue weighted by atomic mass is 9.97. The quantitative estimate of drug-likeness (QED) is 0.233. The number of aromatic nitrogens is 2. The Bertz CT molecular complexity index is 1930. The number of anilines is 1. The van der Waals surface area contributed by atoms with E-state index in [4.69, 9.17) is 0 Å². The van der Waals surface area contributed by atoms with Gasteiger partial charge in [-0.25, -0.2) is 18.0 Å². The molecule has 3 aromatic rings. The van der Waals surface area contributed by atoms with Crippen LogP contribution in [0, 0.1) is 0 Å². The zero-order valence-corrected chi connectivity index (χ0v) is 33.7. The van der Waals surface area contributed by atoms with E-state index in [1.807, 2.05) is 29.2 Å². The van der Waals surface area contributed by atoms with Crippen LogP contribution in [0.4, 0.5) is 15.3 Å². The van der Waals surface area contributed by atoms with Crippen molar-refractivity contribution in [2.24, 2.45) is 0 Å². The van der Waals surface area contributed by atoms with Crippen LogP contribution in [0.1, 0.15) is 61.3 Å². The second-order valence-corrected chi connectivity index (χ2v) is 24.7. The molecular formula is C39H56N8O5SSi. The van der Waals surface area contributed by atoms with Crippen molar-refractivity contribution in [3.05, 3.63) is 59.8 Å². The van der Waals surface area contributed by atoms with Gasteiger partial charge in [0.05, 0.1) is 11.7 Å². The minimum Gasteiger partial charge on any atom is -0.341 e. The Morgan fingerprint density at radius 3 is 2.31 bits per heavy atom. The first-order chi connectivity index (χ1) is 25.9. The smallest absolute Gasteiger partial charge is 0.322 e. The number of H-pyrrole nitrogens is 1. The predicted octanol–water partition coefficient (Wildman–Crippen LogP) is 5.42. The maximum absolute atomic E-state index is 14.8. The number of piperidine rings is 3. The van der Waals surface area contributed by atoms with Crippen LogP contribution < -0.4 is 10.6 Å². The first kappa shape index (κ1) is 38.3. The van der Waals surface area contributed by atoms with Gasteiger partial charge in [-0.05, 0) is 87.0 Å². The number of likely N-dealkylation sites (tertiary alicyclic amines) is 3. The molecule has 1 unspecified atom stereocenters. The Morgan fingerprint density at radius 2 is 1.59 bits per heavy atom. The van der Waals surface area contributed by atoms with Crippen molar-refractivity contribution < 1.29 is 22.8 Å². The number of hydrogen-bond acceptors (Lipinski definition) is 7. The summed E-state index contributed by atoms with van der Waals surface area (Å²) in [5.41, 5.74) is 3.10. The van der Waals surface area contributed by atoms with Crippen LogP contribution in [-0.2, 0) is 21.2 Å². The van der Waals surface area contributed by atoms with Crippen molar-refractivity contribution in [3.63, 3.8) is 0 Å². The van der Waals surface area contributed by atoms with E-state index < -0.39 is 35.2 Å². The summed E-state index contributed by atoms with van der Waals surface area (Å²) in [6.45, 7) is 10.9. The largest absolute Gasteiger partial charge is 0.341 e. The topological polar surface area (TPSA) is 151 Å². The molecule has 2 aromatic carbocycles. The zero-order chi connectivity index (χ0) is 38.0. The highest BCUT2D eigenvalue weighted by Crippen LogP contribution is 2.34. The van der Waals surface area contributed by atoms with Gasteiger partial charge in [-0.15, -0.1) is 0 Å². The van der Waals surface area contributed by atoms with Crippen LogP contribution >= 0.6 is 0 Å². The van der Waals surface area contributed by atoms with Crippen LogP contribution in [0.5, 0.6) is 0 Å². The molecule has 1 aromatic heterocycles. The van der Waals surface area contributed by atoms with E-state index in [2.05, 4.69) is 45.4 Å². The number of amides is 5. The molecule has 2 atom stereocenters. The summed E-state index contributed by atoms with van der Waals surface area (Å²) in [6.07, 6.45) is 8.08. The van der Waals surface area contributed by atoms with E-state index in [1.165, 1.54) is 19.3 Å². The fourth-order valence-electron chi connectivity index (χ4n) is 8.64. The first-order valence-corrected chi connectivity index (χ1v) is 25.2. The third kappa shape index (κ3) is 8.62. The summed E-state index contributed by atoms with van der Waals surface area (Å²) in [5.74, 6) is -0.423. The number of urea groups is 2. The molecule has 15 heteroatoms. The van der Waals surface area contributed by atoms with E-state index in [-0.39, 0.29) is 23.7 Å². The normalized spacial score (nSPS) is 20.7. The van der Waals surface area contributed by atoms with Gasteiger partial charge in [0.1, 0.15) is 11.3 Å². The summed E-state index contributed by atoms with van der Waals surface area (Å²) in [4.78, 5) is 50.0. The van der Waals surface area contributed by atoms with E-state index in [0.29, 0.717) is 63.2 Å². The summed E-state index contributed by atoms with van der Waals surface area (Å²) in [7, 11) is -5.73. The Kier molecular flexibility index (Phi) is 11.4. The highest BCUT2D eigenvalue weighted by molar-refractivity contribution is 7.91. The molecule has 4 aliphatic heterocycles. The maximum atomic E-state index is 14.8. The Morgan fingerprint density at radius 1 is 0.907 bits per heavy atom. The summed E-state index contributed by atoms with van der Waals surface area (Å²) >= 11 is 0. The van der Waals surface area contributed by atoms with E-state index in [1.54, 1.807) is 34.2 Å². The number of para-hydroxylation sites is 1. The number of rotatable bonds is 10. The third-order valence-electron chi connectivity index (χ3n) is 11.9. The lowest BCUT2D eigenvalue weighted by Gasteiger charge is -2.42. The fraction of sp³-hybridized carbons (Fsp3) is 0.590. The van der Waals surface area contributed by atoms with Crippen LogP contribution in [0.2, 0.25) is 25.7 Å². The third-order valence-corrected chi connectivity index (χ3v) is 16.1. The molecule has 5 heterocycles. The lowest BCUT2D eigenvalue weighted by Crippen LogP contribution is -2.59. The zero-order valence-electron chi connectivity index (χ0n) is 31.9. The van der Waals surface area contributed by atoms with Crippen molar-refractivity contribution in [1.82, 2.24) is 35.1 Å². The van der Waals surface area contributed by atoms with Crippen molar-refractivity contribution in [1.29, 1.82) is 0 Å². The van der Waals surface area contributed by atoms with Gasteiger partial charge in [-0.2, -0.15) is 5.10 Å². The van der Waals surface area contributed by atoms with Gasteiger partial charge in [-0.1, -0.05) is 50.3 Å². The monoisotopic (exact) mass is 776 g/mol. The molecule has 4 aliphatic rings. The molecule has 0 bridgehead atoms. The van der Waals surface area contributed by atoms with Gasteiger partial charge in [-0.3, -0.25) is 9.89 Å². The minimum atomic E-state index is -3.94. The molecule has 292 valence electrons. The number of benzene rings is 2. The van der Waals surface area contributed by atoms with Crippen LogP contribution in [0.3, 0.4) is 0 Å². The van der Waals surface area contributed by atoms with Gasteiger partial charge in [0.2, 0.25) is 5.91 Å². The summed E-state index contributed by atoms with van der Waals surface area (Å²) in [5, 5.41) is 12.6. The Balaban J connectivity index is 1.13. The number of nitrogens with zero attached hydrogens (tertiary/aromatic N) is 5. The maximum Gasteiger partial charge on any atom is 0.322 e. The second kappa shape index (κ2) is 16.0. The lowest BCUT2D eigenvalue weighted by molar-refractivity contribution is -0.135. The molecule has 3 fully saturated rings. The second-order valence-electron chi connectivity index (χ2n) is 16.8. The fourth-order valence-corrected chi connectivity index (χ4v) is 13.6. The molecular weight excluding hydrogens is 721 g/mol. The standard InChI is InChI=1S/C39H56N8O5SSi/c1-54(2,3)24-23-53(51,52)36(28-11-12-34-30(25-28)26-40-43-34)35(37(48)45-19-13-31(14-20-45)44-17-7-4-8-18-44)42-38(49)46-21-15-32(16-22-46)47-27-29-9-5-6-10-33(29)41-39(47)50/h5-6,9-12,25-26,31-32,35-36H,4,7-8,13-24,27H2,1-3H3,(H,40,43)(H,41,50)(H,42,49)/t35?,36-/m1/s1. The van der Waals surface area contributed by atoms with Gasteiger partial charge in [0, 0.05) is 69.7 Å². The molecule has 0 saturated carbocycles. The van der Waals surface area contributed by atoms with Gasteiger partial charge < -0.3 is 30.2 Å². The molecule has 5 amide bonds. The SMILES string of the molecule is C[Si](C)(C)CCS(=O)(=O)[C@H](c1ccc2[nH]ncc2c1)C(NC(=O)N1CCC(N2Cc3ccccc3NC2=O)CC1)C(=O)N1CCC(N2CCCCC2)CC1. The van der Waals surface area contributed by atoms with E-state index in [9.17, 15) is 22.8 Å². The molecule has 0 radical (unpaired) electrons. The first-order valence-electron chi connectivity index (χ1n) is 19.7. The van der Waals surface area contributed by atoms with Crippen LogP contribution in [0.25, 0.3) is 10.9 Å². The van der Waals surface area contributed by atoms with Crippen molar-refractivity contribution in [2.75, 3.05) is 50.3 Å². The van der Waals surface area contributed by atoms with E-state index >= 15 is 0 Å². The number of carbonyl (C=O) groups excluding carboxylic acids is 3. The van der Waals surface area contributed by atoms with Crippen LogP contribution in [0.15, 0.2) is 48.7 Å². The molecule has 3 N–H and O–H groups in total. The number of nitrogens with one attached hydrogen (secondary N) is 3. The van der Waals surface area contributed by atoms with Gasteiger partial charge in [0.25, 0.3) is 0 Å². The summed E-state index contributed by atoms with van der Waals surface area (Å²) in [6, 6.07) is 12.1. The van der Waals surface area contributed by atoms with Crippen molar-refractivity contribution >= 4 is 52.5 Å². The molecule has 0 aliphatic carbocycles. The molecule has 0 spiro atoms. The van der Waals surface area contributed by atoms with Crippen molar-refractivity contribution in [3.8, 4) is 0 Å². The number of carbonyl (C=O) groups is 3. The molecule has 3 saturated heterocycles. The average Bonchev–Trinajstić information content (AvgIpc) is 3.65. The molecule has 7 rings (SSSR count). The highest BCUT2D eigenvalue weighted by atomic mass is 32.2. The number of hydrogen-bond donors (Lipinski definition) is 3. The van der Waals surface area contributed by atoms with Crippen LogP contribution in [-0.4, -0.2) is 127 Å². The number of fused-ring (bicyclic) bond motifs is 2. The van der Waals surface area contributed by atoms with Gasteiger partial charge >= 0.3 is 12.1 Å². The highest BCUT2D eigenvalue weighted by Gasteiger charge is 2.44. The predicted molar refractivity (Wildman–Crippen MR) is 214 cm³/mol. The number of sulfone groups is 1. The van der Waals surface area contributed by atoms with Crippen molar-refractivity contribution in [2.45, 2.75) is 101 Å². The Labute approximate surface area is 320 Å². The minimum absolute atomic E-state index is 0.0580. The number of aromatic amines is 1. The average molecular weight is 777 g/mol. The summed E-state index contributed by atoms with van der Waals surface area (Å²) < 4.78 is 29.3. The molecule has 54 heavy (non-hydrogen) atoms. The van der Waals surface area contributed by atoms with Gasteiger partial charge in [0.15, 0.2) is 9.84 Å². The Hall–Kier alpha value is -3.95. The molecule has 13 nitrogen and oxygen atoms in total.